The zero-order chi connectivity index (χ0) is 20.1. The van der Waals surface area contributed by atoms with Crippen LogP contribution in [0.5, 0.6) is 0 Å². The number of fused-ring (bicyclic) bond motifs is 1. The Bertz CT molecular complexity index is 1130. The molecule has 148 valence electrons. The first-order chi connectivity index (χ1) is 13.3. The molecule has 0 N–H and O–H groups in total. The fourth-order valence-corrected chi connectivity index (χ4v) is 4.44. The number of pyridine rings is 2. The highest BCUT2D eigenvalue weighted by atomic mass is 32.2. The van der Waals surface area contributed by atoms with Gasteiger partial charge in [0.1, 0.15) is 11.3 Å². The van der Waals surface area contributed by atoms with Gasteiger partial charge in [0.25, 0.3) is 0 Å². The van der Waals surface area contributed by atoms with E-state index in [2.05, 4.69) is 27.9 Å². The van der Waals surface area contributed by atoms with Crippen molar-refractivity contribution in [2.24, 2.45) is 7.05 Å². The number of sulfonamides is 1. The van der Waals surface area contributed by atoms with Gasteiger partial charge in [-0.05, 0) is 18.1 Å². The first-order valence-corrected chi connectivity index (χ1v) is 11.1. The van der Waals surface area contributed by atoms with Gasteiger partial charge >= 0.3 is 0 Å². The fourth-order valence-electron chi connectivity index (χ4n) is 3.54. The molecule has 1 saturated heterocycles. The van der Waals surface area contributed by atoms with Gasteiger partial charge in [-0.15, -0.1) is 0 Å². The number of hydrogen-bond acceptors (Lipinski definition) is 6. The van der Waals surface area contributed by atoms with Crippen LogP contribution in [-0.2, 0) is 23.5 Å². The largest absolute Gasteiger partial charge is 0.334 e. The lowest BCUT2D eigenvalue weighted by atomic mass is 9.96. The second-order valence-corrected chi connectivity index (χ2v) is 9.30. The lowest BCUT2D eigenvalue weighted by Crippen LogP contribution is -2.48. The third-order valence-electron chi connectivity index (χ3n) is 5.41. The molecule has 3 aromatic heterocycles. The van der Waals surface area contributed by atoms with Crippen molar-refractivity contribution < 1.29 is 8.42 Å². The molecule has 4 heterocycles. The third kappa shape index (κ3) is 3.24. The number of anilines is 2. The molecule has 9 heteroatoms. The Balaban J connectivity index is 1.61. The van der Waals surface area contributed by atoms with Crippen molar-refractivity contribution in [3.8, 4) is 0 Å². The van der Waals surface area contributed by atoms with Gasteiger partial charge in [0.2, 0.25) is 10.0 Å². The Labute approximate surface area is 164 Å². The van der Waals surface area contributed by atoms with Crippen LogP contribution in [0.25, 0.3) is 11.0 Å². The lowest BCUT2D eigenvalue weighted by Gasteiger charge is -2.37. The molecule has 8 nitrogen and oxygen atoms in total. The minimum absolute atomic E-state index is 0.156. The van der Waals surface area contributed by atoms with Crippen LogP contribution in [0.4, 0.5) is 11.5 Å². The van der Waals surface area contributed by atoms with E-state index in [1.807, 2.05) is 35.8 Å². The molecule has 1 aliphatic heterocycles. The summed E-state index contributed by atoms with van der Waals surface area (Å²) in [7, 11) is 0.830. The highest BCUT2D eigenvalue weighted by Crippen LogP contribution is 2.32. The maximum Gasteiger partial charge on any atom is 0.211 e. The van der Waals surface area contributed by atoms with E-state index in [9.17, 15) is 8.42 Å². The molecule has 1 aliphatic rings. The topological polar surface area (TPSA) is 84.2 Å². The fraction of sp³-hybridized carbons (Fsp3) is 0.421. The number of nitrogens with zero attached hydrogens (tertiary/aromatic N) is 6. The number of aromatic nitrogens is 4. The van der Waals surface area contributed by atoms with Crippen molar-refractivity contribution in [1.29, 1.82) is 0 Å². The highest BCUT2D eigenvalue weighted by Gasteiger charge is 2.35. The normalized spacial score (nSPS) is 15.7. The molecule has 3 aromatic rings. The van der Waals surface area contributed by atoms with Crippen molar-refractivity contribution in [3.05, 3.63) is 42.1 Å². The van der Waals surface area contributed by atoms with E-state index in [4.69, 9.17) is 0 Å². The molecule has 0 aromatic carbocycles. The van der Waals surface area contributed by atoms with Gasteiger partial charge in [-0.2, -0.15) is 0 Å². The van der Waals surface area contributed by atoms with Crippen LogP contribution in [-0.4, -0.2) is 58.6 Å². The Hall–Kier alpha value is -2.52. The standard InChI is InChI=1S/C19H24N6O2S/c1-5-13-6-15(14-10-25(11-14)28(4,26)27)20-9-18(13)24(3)19-7-17-16(8-21-19)22-12-23(17)2/h6-9,12,14H,5,10-11H2,1-4H3. The summed E-state index contributed by atoms with van der Waals surface area (Å²) in [4.78, 5) is 15.5. The molecule has 28 heavy (non-hydrogen) atoms. The summed E-state index contributed by atoms with van der Waals surface area (Å²) in [5.41, 5.74) is 5.00. The zero-order valence-electron chi connectivity index (χ0n) is 16.5. The SMILES string of the molecule is CCc1cc(C2CN(S(C)(=O)=O)C2)ncc1N(C)c1cc2c(cn1)ncn2C. The molecule has 0 atom stereocenters. The monoisotopic (exact) mass is 400 g/mol. The molecule has 0 saturated carbocycles. The molecule has 4 rings (SSSR count). The molecule has 0 aliphatic carbocycles. The van der Waals surface area contributed by atoms with Crippen LogP contribution in [0.1, 0.15) is 24.1 Å². The number of aryl methyl sites for hydroxylation is 2. The minimum atomic E-state index is -3.12. The second kappa shape index (κ2) is 6.82. The average molecular weight is 401 g/mol. The number of hydrogen-bond donors (Lipinski definition) is 0. The highest BCUT2D eigenvalue weighted by molar-refractivity contribution is 7.88. The van der Waals surface area contributed by atoms with E-state index < -0.39 is 10.0 Å². The van der Waals surface area contributed by atoms with Gasteiger partial charge in [0.05, 0.1) is 36.2 Å². The van der Waals surface area contributed by atoms with Crippen molar-refractivity contribution in [2.75, 3.05) is 31.3 Å². The van der Waals surface area contributed by atoms with Gasteiger partial charge in [-0.3, -0.25) is 4.98 Å². The van der Waals surface area contributed by atoms with Crippen molar-refractivity contribution in [2.45, 2.75) is 19.3 Å². The predicted octanol–water partition coefficient (Wildman–Crippen LogP) is 2.05. The van der Waals surface area contributed by atoms with Crippen molar-refractivity contribution >= 4 is 32.6 Å². The van der Waals surface area contributed by atoms with Crippen LogP contribution < -0.4 is 4.90 Å². The molecule has 0 spiro atoms. The molecule has 0 unspecified atom stereocenters. The van der Waals surface area contributed by atoms with Gasteiger partial charge < -0.3 is 9.47 Å². The molecule has 0 bridgehead atoms. The summed E-state index contributed by atoms with van der Waals surface area (Å²) >= 11 is 0. The molecular weight excluding hydrogens is 376 g/mol. The summed E-state index contributed by atoms with van der Waals surface area (Å²) < 4.78 is 26.7. The number of rotatable bonds is 5. The van der Waals surface area contributed by atoms with Gasteiger partial charge in [-0.1, -0.05) is 6.92 Å². The summed E-state index contributed by atoms with van der Waals surface area (Å²) in [6.45, 7) is 3.11. The first-order valence-electron chi connectivity index (χ1n) is 9.22. The van der Waals surface area contributed by atoms with Crippen LogP contribution in [0, 0.1) is 0 Å². The van der Waals surface area contributed by atoms with E-state index in [1.165, 1.54) is 10.6 Å². The molecule has 0 radical (unpaired) electrons. The summed E-state index contributed by atoms with van der Waals surface area (Å²) in [6.07, 6.45) is 7.53. The Morgan fingerprint density at radius 1 is 1.18 bits per heavy atom. The van der Waals surface area contributed by atoms with Crippen LogP contribution in [0.15, 0.2) is 30.9 Å². The molecular formula is C19H24N6O2S. The van der Waals surface area contributed by atoms with Crippen LogP contribution in [0.2, 0.25) is 0 Å². The van der Waals surface area contributed by atoms with E-state index >= 15 is 0 Å². The molecule has 1 fully saturated rings. The summed E-state index contributed by atoms with van der Waals surface area (Å²) in [5, 5.41) is 0. The molecule has 0 amide bonds. The zero-order valence-corrected chi connectivity index (χ0v) is 17.3. The first kappa shape index (κ1) is 18.8. The van der Waals surface area contributed by atoms with Crippen LogP contribution in [0.3, 0.4) is 0 Å². The summed E-state index contributed by atoms with van der Waals surface area (Å²) in [5.74, 6) is 0.982. The quantitative estimate of drug-likeness (QED) is 0.652. The second-order valence-electron chi connectivity index (χ2n) is 7.31. The van der Waals surface area contributed by atoms with E-state index in [1.54, 1.807) is 12.5 Å². The average Bonchev–Trinajstić information content (AvgIpc) is 2.99. The maximum absolute atomic E-state index is 11.6. The third-order valence-corrected chi connectivity index (χ3v) is 6.64. The van der Waals surface area contributed by atoms with E-state index in [0.717, 1.165) is 40.2 Å². The van der Waals surface area contributed by atoms with Gasteiger partial charge in [0.15, 0.2) is 0 Å². The Kier molecular flexibility index (Phi) is 4.59. The smallest absolute Gasteiger partial charge is 0.211 e. The Morgan fingerprint density at radius 3 is 2.61 bits per heavy atom. The predicted molar refractivity (Wildman–Crippen MR) is 109 cm³/mol. The van der Waals surface area contributed by atoms with Crippen molar-refractivity contribution in [3.63, 3.8) is 0 Å². The lowest BCUT2D eigenvalue weighted by molar-refractivity contribution is 0.262. The number of imidazole rings is 1. The van der Waals surface area contributed by atoms with Gasteiger partial charge in [0, 0.05) is 44.9 Å². The van der Waals surface area contributed by atoms with Crippen molar-refractivity contribution in [1.82, 2.24) is 23.8 Å². The summed E-state index contributed by atoms with van der Waals surface area (Å²) in [6, 6.07) is 4.12. The Morgan fingerprint density at radius 2 is 1.93 bits per heavy atom. The van der Waals surface area contributed by atoms with Crippen LogP contribution >= 0.6 is 0 Å². The maximum atomic E-state index is 11.6. The minimum Gasteiger partial charge on any atom is -0.334 e. The van der Waals surface area contributed by atoms with E-state index in [0.29, 0.717) is 13.1 Å². The van der Waals surface area contributed by atoms with Gasteiger partial charge in [-0.25, -0.2) is 22.7 Å². The van der Waals surface area contributed by atoms with E-state index in [-0.39, 0.29) is 5.92 Å².